The molecule has 0 spiro atoms. The van der Waals surface area contributed by atoms with Crippen LogP contribution in [0.25, 0.3) is 10.9 Å². The average molecular weight is 482 g/mol. The van der Waals surface area contributed by atoms with Crippen LogP contribution in [0.3, 0.4) is 0 Å². The number of hydrogen-bond acceptors (Lipinski definition) is 5. The van der Waals surface area contributed by atoms with Crippen molar-refractivity contribution in [2.75, 3.05) is 13.1 Å². The number of carbonyl (C=O) groups is 1. The summed E-state index contributed by atoms with van der Waals surface area (Å²) in [5, 5.41) is 6.97. The molecule has 0 aliphatic carbocycles. The summed E-state index contributed by atoms with van der Waals surface area (Å²) in [5.41, 5.74) is 1.29. The Morgan fingerprint density at radius 1 is 1.13 bits per heavy atom. The van der Waals surface area contributed by atoms with Gasteiger partial charge in [0.15, 0.2) is 5.75 Å². The third kappa shape index (κ3) is 4.67. The Hall–Kier alpha value is -2.26. The number of piperidine rings is 1. The molecule has 7 nitrogen and oxygen atoms in total. The van der Waals surface area contributed by atoms with Crippen LogP contribution in [0.15, 0.2) is 41.3 Å². The van der Waals surface area contributed by atoms with Crippen LogP contribution in [-0.4, -0.2) is 38.4 Å². The highest BCUT2D eigenvalue weighted by atomic mass is 35.5. The second-order valence-electron chi connectivity index (χ2n) is 7.49. The van der Waals surface area contributed by atoms with E-state index in [0.29, 0.717) is 10.5 Å². The Bertz CT molecular complexity index is 1230. The molecule has 1 amide bonds. The number of rotatable bonds is 5. The zero-order valence-electron chi connectivity index (χ0n) is 16.7. The van der Waals surface area contributed by atoms with E-state index >= 15 is 0 Å². The number of amides is 1. The van der Waals surface area contributed by atoms with E-state index in [2.05, 4.69) is 15.6 Å². The van der Waals surface area contributed by atoms with Crippen LogP contribution in [0, 0.1) is 6.92 Å². The summed E-state index contributed by atoms with van der Waals surface area (Å²) in [5.74, 6) is -0.618. The highest BCUT2D eigenvalue weighted by Gasteiger charge is 2.28. The number of aryl methyl sites for hydroxylation is 1. The average Bonchev–Trinajstić information content (AvgIpc) is 3.07. The fourth-order valence-electron chi connectivity index (χ4n) is 3.55. The van der Waals surface area contributed by atoms with Crippen LogP contribution in [0.2, 0.25) is 10.0 Å². The quantitative estimate of drug-likeness (QED) is 0.477. The molecule has 1 saturated heterocycles. The van der Waals surface area contributed by atoms with E-state index in [1.54, 1.807) is 18.2 Å². The molecule has 3 aromatic rings. The van der Waals surface area contributed by atoms with Crippen LogP contribution in [0.5, 0.6) is 5.75 Å². The Labute approximate surface area is 190 Å². The highest BCUT2D eigenvalue weighted by molar-refractivity contribution is 7.87. The first kappa shape index (κ1) is 22.0. The van der Waals surface area contributed by atoms with Crippen molar-refractivity contribution < 1.29 is 17.4 Å². The summed E-state index contributed by atoms with van der Waals surface area (Å²) in [7, 11) is -4.21. The minimum absolute atomic E-state index is 0.0200. The molecule has 4 rings (SSSR count). The maximum atomic E-state index is 13.1. The summed E-state index contributed by atoms with van der Waals surface area (Å²) in [6.45, 7) is 3.44. The first-order valence-electron chi connectivity index (χ1n) is 9.78. The lowest BCUT2D eigenvalue weighted by Gasteiger charge is -2.23. The first-order chi connectivity index (χ1) is 14.7. The molecule has 2 heterocycles. The number of aromatic amines is 1. The number of benzene rings is 2. The monoisotopic (exact) mass is 481 g/mol. The van der Waals surface area contributed by atoms with Crippen LogP contribution in [0.1, 0.15) is 28.9 Å². The van der Waals surface area contributed by atoms with E-state index in [-0.39, 0.29) is 32.8 Å². The van der Waals surface area contributed by atoms with Gasteiger partial charge in [0.1, 0.15) is 10.6 Å². The maximum Gasteiger partial charge on any atom is 0.339 e. The molecule has 0 atom stereocenters. The van der Waals surface area contributed by atoms with Gasteiger partial charge in [-0.2, -0.15) is 8.42 Å². The Morgan fingerprint density at radius 2 is 1.81 bits per heavy atom. The van der Waals surface area contributed by atoms with E-state index < -0.39 is 16.0 Å². The third-order valence-corrected chi connectivity index (χ3v) is 6.92. The largest absolute Gasteiger partial charge is 0.376 e. The van der Waals surface area contributed by atoms with Crippen molar-refractivity contribution in [2.45, 2.75) is 30.7 Å². The molecule has 164 valence electrons. The van der Waals surface area contributed by atoms with Gasteiger partial charge in [-0.25, -0.2) is 0 Å². The summed E-state index contributed by atoms with van der Waals surface area (Å²) >= 11 is 12.4. The van der Waals surface area contributed by atoms with Gasteiger partial charge in [0.25, 0.3) is 5.91 Å². The minimum atomic E-state index is -4.21. The van der Waals surface area contributed by atoms with Crippen molar-refractivity contribution in [3.8, 4) is 5.75 Å². The predicted molar refractivity (Wildman–Crippen MR) is 121 cm³/mol. The lowest BCUT2D eigenvalue weighted by atomic mass is 10.1. The number of aromatic nitrogens is 1. The molecule has 0 saturated carbocycles. The molecule has 1 aromatic heterocycles. The van der Waals surface area contributed by atoms with E-state index in [9.17, 15) is 13.2 Å². The molecular formula is C21H21Cl2N3O4S. The molecule has 1 aliphatic heterocycles. The Kier molecular flexibility index (Phi) is 6.16. The summed E-state index contributed by atoms with van der Waals surface area (Å²) < 4.78 is 31.4. The second-order valence-corrected chi connectivity index (χ2v) is 9.88. The van der Waals surface area contributed by atoms with E-state index in [4.69, 9.17) is 27.4 Å². The minimum Gasteiger partial charge on any atom is -0.376 e. The van der Waals surface area contributed by atoms with Crippen molar-refractivity contribution >= 4 is 50.1 Å². The van der Waals surface area contributed by atoms with Gasteiger partial charge in [-0.1, -0.05) is 40.9 Å². The van der Waals surface area contributed by atoms with Crippen molar-refractivity contribution in [1.82, 2.24) is 15.6 Å². The second kappa shape index (κ2) is 8.70. The fraction of sp³-hybridized carbons (Fsp3) is 0.286. The summed E-state index contributed by atoms with van der Waals surface area (Å²) in [4.78, 5) is 16.0. The van der Waals surface area contributed by atoms with Crippen LogP contribution >= 0.6 is 23.2 Å². The number of nitrogens with one attached hydrogen (secondary N) is 3. The van der Waals surface area contributed by atoms with Crippen LogP contribution < -0.4 is 14.8 Å². The smallest absolute Gasteiger partial charge is 0.339 e. The van der Waals surface area contributed by atoms with E-state index in [0.717, 1.165) is 31.5 Å². The third-order valence-electron chi connectivity index (χ3n) is 5.17. The molecule has 0 bridgehead atoms. The van der Waals surface area contributed by atoms with Gasteiger partial charge < -0.3 is 19.8 Å². The van der Waals surface area contributed by atoms with Gasteiger partial charge in [0.2, 0.25) is 0 Å². The highest BCUT2D eigenvalue weighted by Crippen LogP contribution is 2.39. The predicted octanol–water partition coefficient (Wildman–Crippen LogP) is 4.03. The van der Waals surface area contributed by atoms with Gasteiger partial charge in [-0.3, -0.25) is 4.79 Å². The van der Waals surface area contributed by atoms with Crippen molar-refractivity contribution in [1.29, 1.82) is 0 Å². The number of hydrogen-bond donors (Lipinski definition) is 3. The standard InChI is InChI=1S/C21H21Cl2N3O4S/c1-12-2-4-15(5-3-12)31(28,29)30-20-18-16(23)10-13(22)11-17(18)26-19(20)21(27)25-14-6-8-24-9-7-14/h2-5,10-11,14,24,26H,6-9H2,1H3,(H,25,27). The summed E-state index contributed by atoms with van der Waals surface area (Å²) in [6, 6.07) is 9.25. The van der Waals surface area contributed by atoms with Crippen molar-refractivity contribution in [3.05, 3.63) is 57.7 Å². The zero-order valence-corrected chi connectivity index (χ0v) is 19.0. The molecule has 0 unspecified atom stereocenters. The van der Waals surface area contributed by atoms with Gasteiger partial charge in [-0.15, -0.1) is 0 Å². The van der Waals surface area contributed by atoms with Gasteiger partial charge in [-0.05, 0) is 57.1 Å². The van der Waals surface area contributed by atoms with Crippen molar-refractivity contribution in [3.63, 3.8) is 0 Å². The van der Waals surface area contributed by atoms with Gasteiger partial charge in [0, 0.05) is 11.1 Å². The fourth-order valence-corrected chi connectivity index (χ4v) is 5.08. The van der Waals surface area contributed by atoms with Crippen LogP contribution in [0.4, 0.5) is 0 Å². The van der Waals surface area contributed by atoms with E-state index in [1.807, 2.05) is 6.92 Å². The topological polar surface area (TPSA) is 100 Å². The first-order valence-corrected chi connectivity index (χ1v) is 11.9. The molecule has 2 aromatic carbocycles. The lowest BCUT2D eigenvalue weighted by molar-refractivity contribution is 0.0924. The molecule has 0 radical (unpaired) electrons. The van der Waals surface area contributed by atoms with Crippen molar-refractivity contribution in [2.24, 2.45) is 0 Å². The van der Waals surface area contributed by atoms with Gasteiger partial charge in [0.05, 0.1) is 15.9 Å². The number of halogens is 2. The SMILES string of the molecule is Cc1ccc(S(=O)(=O)Oc2c(C(=O)NC3CCNCC3)[nH]c3cc(Cl)cc(Cl)c23)cc1. The molecule has 31 heavy (non-hydrogen) atoms. The number of fused-ring (bicyclic) bond motifs is 1. The Morgan fingerprint density at radius 3 is 2.48 bits per heavy atom. The molecular weight excluding hydrogens is 461 g/mol. The molecule has 3 N–H and O–H groups in total. The molecule has 1 fully saturated rings. The summed E-state index contributed by atoms with van der Waals surface area (Å²) in [6.07, 6.45) is 1.55. The zero-order chi connectivity index (χ0) is 22.2. The van der Waals surface area contributed by atoms with Gasteiger partial charge >= 0.3 is 10.1 Å². The van der Waals surface area contributed by atoms with Crippen LogP contribution in [-0.2, 0) is 10.1 Å². The van der Waals surface area contributed by atoms with E-state index in [1.165, 1.54) is 18.2 Å². The Balaban J connectivity index is 1.77. The lowest BCUT2D eigenvalue weighted by Crippen LogP contribution is -2.42. The molecule has 1 aliphatic rings. The molecule has 10 heteroatoms. The number of carbonyl (C=O) groups excluding carboxylic acids is 1. The normalized spacial score (nSPS) is 15.2. The number of H-pyrrole nitrogens is 1. The maximum absolute atomic E-state index is 13.1.